The average molecular weight is 242 g/mol. The van der Waals surface area contributed by atoms with E-state index < -0.39 is 21.8 Å². The van der Waals surface area contributed by atoms with E-state index >= 15 is 0 Å². The zero-order valence-electron chi connectivity index (χ0n) is 5.37. The van der Waals surface area contributed by atoms with E-state index in [1.54, 1.807) is 0 Å². The molecule has 0 aromatic carbocycles. The van der Waals surface area contributed by atoms with Crippen LogP contribution in [0.15, 0.2) is 0 Å². The first kappa shape index (κ1) is 11.6. The van der Waals surface area contributed by atoms with E-state index in [0.29, 0.717) is 0 Å². The molecule has 3 aliphatic rings. The van der Waals surface area contributed by atoms with Crippen LogP contribution in [0.1, 0.15) is 0 Å². The van der Waals surface area contributed by atoms with Gasteiger partial charge in [0.05, 0.1) is 7.82 Å². The van der Waals surface area contributed by atoms with Crippen molar-refractivity contribution in [3.8, 4) is 0 Å². The van der Waals surface area contributed by atoms with Gasteiger partial charge in [-0.1, -0.05) is 0 Å². The number of phosphoric acid groups is 2. The molecule has 3 aliphatic heterocycles. The molecule has 3 rings (SSSR count). The Morgan fingerprint density at radius 3 is 2.00 bits per heavy atom. The smallest absolute Gasteiger partial charge is 0.790 e. The van der Waals surface area contributed by atoms with Crippen LogP contribution in [-0.2, 0) is 27.2 Å². The monoisotopic (exact) mass is 242 g/mol. The van der Waals surface area contributed by atoms with Crippen LogP contribution in [0.2, 0.25) is 0 Å². The molecule has 3 fully saturated rings. The summed E-state index contributed by atoms with van der Waals surface area (Å²) in [7, 11) is -8.74. The summed E-state index contributed by atoms with van der Waals surface area (Å²) in [6, 6.07) is 0. The number of phosphoric ester groups is 2. The Kier molecular flexibility index (Phi) is 2.87. The third-order valence-corrected chi connectivity index (χ3v) is 2.68. The van der Waals surface area contributed by atoms with Gasteiger partial charge in [-0.25, -0.2) is 18.1 Å². The number of hydrogen-bond acceptors (Lipinski definition) is 8. The van der Waals surface area contributed by atoms with Gasteiger partial charge in [-0.05, 0) is 0 Å². The minimum Gasteiger partial charge on any atom is -0.790 e. The van der Waals surface area contributed by atoms with Crippen molar-refractivity contribution in [1.82, 2.24) is 0 Å². The van der Waals surface area contributed by atoms with E-state index in [4.69, 9.17) is 0 Å². The molecule has 64 valence electrons. The third kappa shape index (κ3) is 1.94. The first-order chi connectivity index (χ1) is 4.83. The van der Waals surface area contributed by atoms with Gasteiger partial charge in [-0.15, -0.1) is 0 Å². The predicted molar refractivity (Wildman–Crippen MR) is 28.0 cm³/mol. The van der Waals surface area contributed by atoms with Gasteiger partial charge >= 0.3 is 51.7 Å². The Morgan fingerprint density at radius 1 is 1.33 bits per heavy atom. The Morgan fingerprint density at radius 2 is 1.75 bits per heavy atom. The van der Waals surface area contributed by atoms with E-state index in [2.05, 4.69) is 18.1 Å². The minimum atomic E-state index is -5.24. The second kappa shape index (κ2) is 2.98. The van der Waals surface area contributed by atoms with E-state index in [-0.39, 0.29) is 37.7 Å². The standard InChI is InChI=1S/CH2O8P2.Ca/c2-10(3,4)6-1-7-11(5,8-1)9-1;/h(H2,2,3,4);/q;+2/p-2. The summed E-state index contributed by atoms with van der Waals surface area (Å²) in [5, 5.41) is 0. The normalized spacial score (nSPS) is 43.8. The van der Waals surface area contributed by atoms with Gasteiger partial charge in [-0.2, -0.15) is 0 Å². The molecule has 3 saturated heterocycles. The summed E-state index contributed by atoms with van der Waals surface area (Å²) < 4.78 is 36.2. The molecule has 0 N–H and O–H groups in total. The molecule has 8 nitrogen and oxygen atoms in total. The molecule has 0 amide bonds. The molecule has 0 aliphatic carbocycles. The van der Waals surface area contributed by atoms with Crippen LogP contribution in [0, 0.1) is 0 Å². The second-order valence-electron chi connectivity index (χ2n) is 1.76. The van der Waals surface area contributed by atoms with Crippen LogP contribution >= 0.6 is 15.6 Å². The van der Waals surface area contributed by atoms with E-state index in [1.165, 1.54) is 0 Å². The molecular formula is CCaO8P2. The maximum atomic E-state index is 10.4. The van der Waals surface area contributed by atoms with Gasteiger partial charge < -0.3 is 14.4 Å². The second-order valence-corrected chi connectivity index (χ2v) is 4.28. The molecule has 0 unspecified atom stereocenters. The summed E-state index contributed by atoms with van der Waals surface area (Å²) in [5.74, 6) is 0. The van der Waals surface area contributed by atoms with Crippen molar-refractivity contribution in [3.63, 3.8) is 0 Å². The minimum absolute atomic E-state index is 0. The van der Waals surface area contributed by atoms with Gasteiger partial charge in [0, 0.05) is 0 Å². The fourth-order valence-corrected chi connectivity index (χ4v) is 2.15. The van der Waals surface area contributed by atoms with E-state index in [0.717, 1.165) is 0 Å². The summed E-state index contributed by atoms with van der Waals surface area (Å²) in [4.78, 5) is 19.8. The summed E-state index contributed by atoms with van der Waals surface area (Å²) in [6.07, 6.45) is -2.34. The Hall–Kier alpha value is 1.48. The zero-order chi connectivity index (χ0) is 8.33. The van der Waals surface area contributed by atoms with Crippen LogP contribution in [-0.4, -0.2) is 43.9 Å². The van der Waals surface area contributed by atoms with Crippen molar-refractivity contribution in [3.05, 3.63) is 0 Å². The topological polar surface area (TPSA) is 117 Å². The molecule has 3 heterocycles. The van der Waals surface area contributed by atoms with E-state index in [9.17, 15) is 18.9 Å². The summed E-state index contributed by atoms with van der Waals surface area (Å²) in [5.41, 5.74) is 0. The van der Waals surface area contributed by atoms with Crippen LogP contribution in [0.4, 0.5) is 0 Å². The maximum Gasteiger partial charge on any atom is 2.00 e. The van der Waals surface area contributed by atoms with Crippen molar-refractivity contribution < 1.29 is 37.0 Å². The zero-order valence-corrected chi connectivity index (χ0v) is 9.36. The van der Waals surface area contributed by atoms with Gasteiger partial charge in [0.25, 0.3) is 0 Å². The fourth-order valence-electron chi connectivity index (χ4n) is 0.618. The predicted octanol–water partition coefficient (Wildman–Crippen LogP) is -1.75. The van der Waals surface area contributed by atoms with Crippen LogP contribution in [0.3, 0.4) is 0 Å². The van der Waals surface area contributed by atoms with Crippen molar-refractivity contribution in [2.45, 2.75) is 6.16 Å². The van der Waals surface area contributed by atoms with Crippen LogP contribution in [0.5, 0.6) is 0 Å². The van der Waals surface area contributed by atoms with E-state index in [1.807, 2.05) is 0 Å². The van der Waals surface area contributed by atoms with Crippen LogP contribution in [0.25, 0.3) is 0 Å². The summed E-state index contributed by atoms with van der Waals surface area (Å²) >= 11 is 0. The molecule has 0 radical (unpaired) electrons. The number of hydrogen-bond donors (Lipinski definition) is 0. The van der Waals surface area contributed by atoms with Crippen molar-refractivity contribution in [2.24, 2.45) is 0 Å². The van der Waals surface area contributed by atoms with Gasteiger partial charge in [0.15, 0.2) is 0 Å². The fraction of sp³-hybridized carbons (Fsp3) is 1.00. The summed E-state index contributed by atoms with van der Waals surface area (Å²) in [6.45, 7) is 0. The first-order valence-corrected chi connectivity index (χ1v) is 5.20. The molecule has 11 heteroatoms. The Balaban J connectivity index is 0.000000720. The molecule has 12 heavy (non-hydrogen) atoms. The van der Waals surface area contributed by atoms with Gasteiger partial charge in [0.2, 0.25) is 0 Å². The maximum absolute atomic E-state index is 10.4. The van der Waals surface area contributed by atoms with Gasteiger partial charge in [-0.3, -0.25) is 4.52 Å². The van der Waals surface area contributed by atoms with Crippen molar-refractivity contribution in [1.29, 1.82) is 0 Å². The molecular weight excluding hydrogens is 242 g/mol. The van der Waals surface area contributed by atoms with Gasteiger partial charge in [0.1, 0.15) is 0 Å². The molecule has 0 aromatic rings. The third-order valence-electron chi connectivity index (χ3n) is 0.894. The van der Waals surface area contributed by atoms with Crippen molar-refractivity contribution >= 4 is 53.4 Å². The SMILES string of the molecule is O=P([O-])([O-])OC12OP(=O)(O1)O2.[Ca+2]. The molecule has 0 aromatic heterocycles. The molecule has 0 atom stereocenters. The largest absolute Gasteiger partial charge is 2.00 e. The van der Waals surface area contributed by atoms with Crippen molar-refractivity contribution in [2.75, 3.05) is 0 Å². The molecule has 2 bridgehead atoms. The average Bonchev–Trinajstić information content (AvgIpc) is 1.53. The number of rotatable bonds is 2. The first-order valence-electron chi connectivity index (χ1n) is 2.28. The molecule has 0 spiro atoms. The quantitative estimate of drug-likeness (QED) is 0.413. The van der Waals surface area contributed by atoms with Crippen LogP contribution < -0.4 is 9.79 Å². The Bertz CT molecular complexity index is 265. The molecule has 0 saturated carbocycles. The Labute approximate surface area is 96.0 Å².